The fourth-order valence-electron chi connectivity index (χ4n) is 2.37. The largest absolute Gasteiger partial charge is 0.396 e. The predicted octanol–water partition coefficient (Wildman–Crippen LogP) is 1.57. The van der Waals surface area contributed by atoms with Crippen LogP contribution in [0.4, 0.5) is 0 Å². The van der Waals surface area contributed by atoms with Crippen molar-refractivity contribution < 1.29 is 14.9 Å². The van der Waals surface area contributed by atoms with E-state index in [0.29, 0.717) is 13.0 Å². The molecule has 1 aliphatic heterocycles. The summed E-state index contributed by atoms with van der Waals surface area (Å²) in [5, 5.41) is 20.3. The zero-order valence-electron chi connectivity index (χ0n) is 10.1. The van der Waals surface area contributed by atoms with E-state index in [9.17, 15) is 10.2 Å². The van der Waals surface area contributed by atoms with Gasteiger partial charge in [0.05, 0.1) is 12.2 Å². The molecular formula is C12H24O3. The molecule has 3 nitrogen and oxygen atoms in total. The summed E-state index contributed by atoms with van der Waals surface area (Å²) in [5.74, 6) is 0.255. The van der Waals surface area contributed by atoms with Crippen LogP contribution in [0.2, 0.25) is 0 Å². The van der Waals surface area contributed by atoms with Crippen molar-refractivity contribution in [3.05, 3.63) is 0 Å². The SMILES string of the molecule is CC(C)C(C)(CO)C1(O)CCCOCC1. The van der Waals surface area contributed by atoms with Crippen LogP contribution >= 0.6 is 0 Å². The molecule has 1 saturated heterocycles. The highest BCUT2D eigenvalue weighted by atomic mass is 16.5. The summed E-state index contributed by atoms with van der Waals surface area (Å²) in [6.07, 6.45) is 2.23. The van der Waals surface area contributed by atoms with Crippen molar-refractivity contribution in [1.29, 1.82) is 0 Å². The van der Waals surface area contributed by atoms with Gasteiger partial charge >= 0.3 is 0 Å². The monoisotopic (exact) mass is 216 g/mol. The predicted molar refractivity (Wildman–Crippen MR) is 59.7 cm³/mol. The Morgan fingerprint density at radius 1 is 1.33 bits per heavy atom. The van der Waals surface area contributed by atoms with Crippen LogP contribution in [0.3, 0.4) is 0 Å². The molecule has 15 heavy (non-hydrogen) atoms. The minimum absolute atomic E-state index is 0.0289. The Kier molecular flexibility index (Phi) is 4.15. The van der Waals surface area contributed by atoms with Crippen LogP contribution in [0, 0.1) is 11.3 Å². The maximum atomic E-state index is 10.7. The molecule has 90 valence electrons. The molecule has 0 saturated carbocycles. The van der Waals surface area contributed by atoms with Gasteiger partial charge in [-0.2, -0.15) is 0 Å². The molecule has 0 aromatic carbocycles. The second kappa shape index (κ2) is 4.81. The van der Waals surface area contributed by atoms with Gasteiger partial charge in [0.15, 0.2) is 0 Å². The van der Waals surface area contributed by atoms with Crippen LogP contribution < -0.4 is 0 Å². The number of hydrogen-bond donors (Lipinski definition) is 2. The van der Waals surface area contributed by atoms with Gasteiger partial charge in [-0.1, -0.05) is 20.8 Å². The Balaban J connectivity index is 2.88. The van der Waals surface area contributed by atoms with E-state index in [4.69, 9.17) is 4.74 Å². The van der Waals surface area contributed by atoms with Crippen LogP contribution in [0.5, 0.6) is 0 Å². The number of aliphatic hydroxyl groups is 2. The van der Waals surface area contributed by atoms with Crippen LogP contribution in [-0.4, -0.2) is 35.6 Å². The molecule has 0 aromatic rings. The van der Waals surface area contributed by atoms with Crippen molar-refractivity contribution in [1.82, 2.24) is 0 Å². The highest BCUT2D eigenvalue weighted by Gasteiger charge is 2.48. The molecule has 1 fully saturated rings. The van der Waals surface area contributed by atoms with Gasteiger partial charge in [-0.05, 0) is 18.8 Å². The first-order valence-corrected chi connectivity index (χ1v) is 5.87. The van der Waals surface area contributed by atoms with E-state index in [2.05, 4.69) is 13.8 Å². The van der Waals surface area contributed by atoms with E-state index in [-0.39, 0.29) is 12.5 Å². The summed E-state index contributed by atoms with van der Waals surface area (Å²) in [7, 11) is 0. The molecule has 0 radical (unpaired) electrons. The van der Waals surface area contributed by atoms with Gasteiger partial charge in [0.1, 0.15) is 0 Å². The fraction of sp³-hybridized carbons (Fsp3) is 1.00. The number of ether oxygens (including phenoxy) is 1. The minimum Gasteiger partial charge on any atom is -0.396 e. The molecular weight excluding hydrogens is 192 g/mol. The third-order valence-electron chi connectivity index (χ3n) is 4.20. The highest BCUT2D eigenvalue weighted by molar-refractivity contribution is 4.98. The number of rotatable bonds is 3. The van der Waals surface area contributed by atoms with Gasteiger partial charge in [-0.3, -0.25) is 0 Å². The topological polar surface area (TPSA) is 49.7 Å². The lowest BCUT2D eigenvalue weighted by Crippen LogP contribution is -2.52. The molecule has 1 rings (SSSR count). The maximum absolute atomic E-state index is 10.7. The van der Waals surface area contributed by atoms with E-state index in [1.807, 2.05) is 6.92 Å². The average Bonchev–Trinajstić information content (AvgIpc) is 2.42. The normalized spacial score (nSPS) is 32.4. The van der Waals surface area contributed by atoms with Crippen LogP contribution in [-0.2, 0) is 4.74 Å². The average molecular weight is 216 g/mol. The van der Waals surface area contributed by atoms with Gasteiger partial charge in [0.2, 0.25) is 0 Å². The third-order valence-corrected chi connectivity index (χ3v) is 4.20. The Hall–Kier alpha value is -0.120. The van der Waals surface area contributed by atoms with Gasteiger partial charge in [-0.15, -0.1) is 0 Å². The van der Waals surface area contributed by atoms with Crippen molar-refractivity contribution >= 4 is 0 Å². The molecule has 0 bridgehead atoms. The molecule has 2 unspecified atom stereocenters. The van der Waals surface area contributed by atoms with Gasteiger partial charge in [-0.25, -0.2) is 0 Å². The van der Waals surface area contributed by atoms with Crippen molar-refractivity contribution in [2.24, 2.45) is 11.3 Å². The highest BCUT2D eigenvalue weighted by Crippen LogP contribution is 2.44. The molecule has 0 aliphatic carbocycles. The van der Waals surface area contributed by atoms with Gasteiger partial charge in [0, 0.05) is 25.0 Å². The van der Waals surface area contributed by atoms with E-state index < -0.39 is 11.0 Å². The number of aliphatic hydroxyl groups excluding tert-OH is 1. The second-order valence-corrected chi connectivity index (χ2v) is 5.23. The summed E-state index contributed by atoms with van der Waals surface area (Å²) in [4.78, 5) is 0. The first-order chi connectivity index (χ1) is 6.96. The lowest BCUT2D eigenvalue weighted by Gasteiger charge is -2.46. The number of hydrogen-bond acceptors (Lipinski definition) is 3. The van der Waals surface area contributed by atoms with Crippen LogP contribution in [0.25, 0.3) is 0 Å². The van der Waals surface area contributed by atoms with Crippen LogP contribution in [0.1, 0.15) is 40.0 Å². The summed E-state index contributed by atoms with van der Waals surface area (Å²) in [5.41, 5.74) is -1.22. The van der Waals surface area contributed by atoms with Crippen molar-refractivity contribution in [3.63, 3.8) is 0 Å². The van der Waals surface area contributed by atoms with Crippen molar-refractivity contribution in [2.75, 3.05) is 19.8 Å². The lowest BCUT2D eigenvalue weighted by atomic mass is 9.64. The Labute approximate surface area is 92.4 Å². The standard InChI is InChI=1S/C12H24O3/c1-10(2)11(3,9-13)12(14)5-4-7-15-8-6-12/h10,13-14H,4-9H2,1-3H3. The molecule has 3 heteroatoms. The fourth-order valence-corrected chi connectivity index (χ4v) is 2.37. The van der Waals surface area contributed by atoms with Gasteiger partial charge < -0.3 is 14.9 Å². The molecule has 0 amide bonds. The van der Waals surface area contributed by atoms with E-state index >= 15 is 0 Å². The third kappa shape index (κ3) is 2.35. The molecule has 0 aromatic heterocycles. The zero-order valence-corrected chi connectivity index (χ0v) is 10.1. The molecule has 0 spiro atoms. The molecule has 2 N–H and O–H groups in total. The van der Waals surface area contributed by atoms with Crippen molar-refractivity contribution in [2.45, 2.75) is 45.6 Å². The van der Waals surface area contributed by atoms with Crippen molar-refractivity contribution in [3.8, 4) is 0 Å². The Morgan fingerprint density at radius 2 is 2.00 bits per heavy atom. The first-order valence-electron chi connectivity index (χ1n) is 5.87. The minimum atomic E-state index is -0.785. The molecule has 1 aliphatic rings. The van der Waals surface area contributed by atoms with Crippen LogP contribution in [0.15, 0.2) is 0 Å². The van der Waals surface area contributed by atoms with E-state index in [1.54, 1.807) is 0 Å². The molecule has 1 heterocycles. The Bertz CT molecular complexity index is 195. The maximum Gasteiger partial charge on any atom is 0.0748 e. The quantitative estimate of drug-likeness (QED) is 0.753. The summed E-state index contributed by atoms with van der Waals surface area (Å²) in [6, 6.07) is 0. The smallest absolute Gasteiger partial charge is 0.0748 e. The summed E-state index contributed by atoms with van der Waals surface area (Å²) in [6.45, 7) is 7.44. The van der Waals surface area contributed by atoms with Gasteiger partial charge in [0.25, 0.3) is 0 Å². The lowest BCUT2D eigenvalue weighted by molar-refractivity contribution is -0.133. The first kappa shape index (κ1) is 12.9. The second-order valence-electron chi connectivity index (χ2n) is 5.23. The Morgan fingerprint density at radius 3 is 2.53 bits per heavy atom. The summed E-state index contributed by atoms with van der Waals surface area (Å²) < 4.78 is 5.37. The van der Waals surface area contributed by atoms with E-state index in [1.165, 1.54) is 0 Å². The zero-order chi connectivity index (χ0) is 11.5. The molecule has 2 atom stereocenters. The van der Waals surface area contributed by atoms with E-state index in [0.717, 1.165) is 19.4 Å². The summed E-state index contributed by atoms with van der Waals surface area (Å²) >= 11 is 0.